The van der Waals surface area contributed by atoms with E-state index >= 15 is 0 Å². The predicted molar refractivity (Wildman–Crippen MR) is 72.1 cm³/mol. The van der Waals surface area contributed by atoms with Crippen LogP contribution in [0.5, 0.6) is 5.75 Å². The van der Waals surface area contributed by atoms with E-state index in [0.29, 0.717) is 10.8 Å². The van der Waals surface area contributed by atoms with E-state index in [2.05, 4.69) is 0 Å². The van der Waals surface area contributed by atoms with E-state index in [1.54, 1.807) is 36.4 Å². The highest BCUT2D eigenvalue weighted by Crippen LogP contribution is 2.17. The van der Waals surface area contributed by atoms with E-state index in [4.69, 9.17) is 16.3 Å². The largest absolute Gasteiger partial charge is 0.486 e. The van der Waals surface area contributed by atoms with Crippen molar-refractivity contribution in [3.05, 3.63) is 64.9 Å². The molecule has 98 valence electrons. The lowest BCUT2D eigenvalue weighted by Crippen LogP contribution is -2.13. The topological polar surface area (TPSA) is 26.3 Å². The minimum atomic E-state index is -0.314. The molecular weight excluding hydrogens is 267 g/mol. The molecule has 0 saturated heterocycles. The van der Waals surface area contributed by atoms with Gasteiger partial charge in [0, 0.05) is 11.4 Å². The Balaban J connectivity index is 1.86. The second kappa shape index (κ2) is 6.34. The average molecular weight is 279 g/mol. The first kappa shape index (κ1) is 13.6. The van der Waals surface area contributed by atoms with Crippen LogP contribution in [0.15, 0.2) is 48.5 Å². The molecule has 0 heterocycles. The number of carbonyl (C=O) groups is 1. The Bertz CT molecular complexity index is 567. The average Bonchev–Trinajstić information content (AvgIpc) is 2.39. The maximum atomic E-state index is 12.7. The molecule has 0 radical (unpaired) electrons. The SMILES string of the molecule is O=C(COc1cccc(Cl)c1)Cc1ccc(F)cc1. The van der Waals surface area contributed by atoms with E-state index in [9.17, 15) is 9.18 Å². The normalized spacial score (nSPS) is 10.2. The molecule has 0 aromatic heterocycles. The molecule has 2 nitrogen and oxygen atoms in total. The van der Waals surface area contributed by atoms with Crippen LogP contribution in [0.1, 0.15) is 5.56 Å². The summed E-state index contributed by atoms with van der Waals surface area (Å²) in [5, 5.41) is 0.559. The Labute approximate surface area is 115 Å². The van der Waals surface area contributed by atoms with Crippen LogP contribution in [-0.4, -0.2) is 12.4 Å². The standard InChI is InChI=1S/C15H12ClFO2/c16-12-2-1-3-15(9-12)19-10-14(18)8-11-4-6-13(17)7-5-11/h1-7,9H,8,10H2. The smallest absolute Gasteiger partial charge is 0.174 e. The third-order valence-corrected chi connectivity index (χ3v) is 2.75. The number of ether oxygens (including phenoxy) is 1. The first-order valence-electron chi connectivity index (χ1n) is 5.78. The van der Waals surface area contributed by atoms with Gasteiger partial charge in [-0.15, -0.1) is 0 Å². The Hall–Kier alpha value is -1.87. The highest BCUT2D eigenvalue weighted by molar-refractivity contribution is 6.30. The highest BCUT2D eigenvalue weighted by Gasteiger charge is 2.05. The molecule has 4 heteroatoms. The zero-order valence-corrected chi connectivity index (χ0v) is 10.9. The fourth-order valence-corrected chi connectivity index (χ4v) is 1.78. The lowest BCUT2D eigenvalue weighted by Gasteiger charge is -2.06. The predicted octanol–water partition coefficient (Wildman–Crippen LogP) is 3.67. The minimum absolute atomic E-state index is 0.0300. The van der Waals surface area contributed by atoms with Gasteiger partial charge in [-0.25, -0.2) is 4.39 Å². The molecule has 2 rings (SSSR count). The van der Waals surface area contributed by atoms with Crippen LogP contribution < -0.4 is 4.74 Å². The molecule has 0 spiro atoms. The summed E-state index contributed by atoms with van der Waals surface area (Å²) >= 11 is 5.80. The Morgan fingerprint density at radius 3 is 2.58 bits per heavy atom. The number of benzene rings is 2. The number of halogens is 2. The molecule has 0 amide bonds. The fraction of sp³-hybridized carbons (Fsp3) is 0.133. The molecule has 0 unspecified atom stereocenters. The maximum absolute atomic E-state index is 12.7. The molecule has 0 atom stereocenters. The zero-order chi connectivity index (χ0) is 13.7. The van der Waals surface area contributed by atoms with Crippen LogP contribution in [0.2, 0.25) is 5.02 Å². The molecule has 19 heavy (non-hydrogen) atoms. The number of hydrogen-bond acceptors (Lipinski definition) is 2. The van der Waals surface area contributed by atoms with Crippen LogP contribution in [0.25, 0.3) is 0 Å². The summed E-state index contributed by atoms with van der Waals surface area (Å²) in [6.07, 6.45) is 0.223. The van der Waals surface area contributed by atoms with Crippen molar-refractivity contribution in [3.63, 3.8) is 0 Å². The molecule has 0 fully saturated rings. The minimum Gasteiger partial charge on any atom is -0.486 e. The van der Waals surface area contributed by atoms with Crippen LogP contribution in [0.4, 0.5) is 4.39 Å². The van der Waals surface area contributed by atoms with Gasteiger partial charge in [-0.3, -0.25) is 4.79 Å². The van der Waals surface area contributed by atoms with E-state index in [1.165, 1.54) is 12.1 Å². The Kier molecular flexibility index (Phi) is 4.53. The van der Waals surface area contributed by atoms with Gasteiger partial charge in [-0.2, -0.15) is 0 Å². The maximum Gasteiger partial charge on any atom is 0.174 e. The van der Waals surface area contributed by atoms with Crippen molar-refractivity contribution in [2.45, 2.75) is 6.42 Å². The van der Waals surface area contributed by atoms with Crippen molar-refractivity contribution in [3.8, 4) is 5.75 Å². The fourth-order valence-electron chi connectivity index (χ4n) is 1.60. The number of carbonyl (C=O) groups excluding carboxylic acids is 1. The van der Waals surface area contributed by atoms with Crippen LogP contribution in [0, 0.1) is 5.82 Å². The zero-order valence-electron chi connectivity index (χ0n) is 10.1. The molecule has 0 N–H and O–H groups in total. The van der Waals surface area contributed by atoms with Gasteiger partial charge < -0.3 is 4.74 Å². The van der Waals surface area contributed by atoms with Crippen molar-refractivity contribution < 1.29 is 13.9 Å². The van der Waals surface area contributed by atoms with Gasteiger partial charge in [0.15, 0.2) is 5.78 Å². The second-order valence-corrected chi connectivity index (χ2v) is 4.52. The third-order valence-electron chi connectivity index (χ3n) is 2.51. The van der Waals surface area contributed by atoms with Crippen molar-refractivity contribution in [2.75, 3.05) is 6.61 Å². The van der Waals surface area contributed by atoms with Gasteiger partial charge in [-0.05, 0) is 35.9 Å². The Morgan fingerprint density at radius 2 is 1.89 bits per heavy atom. The molecule has 0 aliphatic carbocycles. The lowest BCUT2D eigenvalue weighted by molar-refractivity contribution is -0.120. The summed E-state index contributed by atoms with van der Waals surface area (Å²) in [7, 11) is 0. The van der Waals surface area contributed by atoms with Crippen molar-refractivity contribution in [1.29, 1.82) is 0 Å². The van der Waals surface area contributed by atoms with E-state index in [1.807, 2.05) is 0 Å². The van der Waals surface area contributed by atoms with Gasteiger partial charge in [-0.1, -0.05) is 29.8 Å². The van der Waals surface area contributed by atoms with Crippen LogP contribution in [0.3, 0.4) is 0 Å². The number of rotatable bonds is 5. The number of hydrogen-bond donors (Lipinski definition) is 0. The quantitative estimate of drug-likeness (QED) is 0.834. The van der Waals surface area contributed by atoms with Crippen molar-refractivity contribution in [1.82, 2.24) is 0 Å². The third kappa shape index (κ3) is 4.38. The van der Waals surface area contributed by atoms with Gasteiger partial charge in [0.05, 0.1) is 0 Å². The lowest BCUT2D eigenvalue weighted by atomic mass is 10.1. The Morgan fingerprint density at radius 1 is 1.16 bits per heavy atom. The van der Waals surface area contributed by atoms with Crippen LogP contribution in [-0.2, 0) is 11.2 Å². The van der Waals surface area contributed by atoms with E-state index in [0.717, 1.165) is 5.56 Å². The van der Waals surface area contributed by atoms with Crippen molar-refractivity contribution >= 4 is 17.4 Å². The molecule has 0 aliphatic rings. The first-order valence-corrected chi connectivity index (χ1v) is 6.16. The van der Waals surface area contributed by atoms with Crippen molar-refractivity contribution in [2.24, 2.45) is 0 Å². The summed E-state index contributed by atoms with van der Waals surface area (Å²) < 4.78 is 18.0. The molecule has 2 aromatic rings. The molecule has 0 bridgehead atoms. The monoisotopic (exact) mass is 278 g/mol. The van der Waals surface area contributed by atoms with E-state index < -0.39 is 0 Å². The molecule has 2 aromatic carbocycles. The summed E-state index contributed by atoms with van der Waals surface area (Å²) in [6.45, 7) is -0.0300. The summed E-state index contributed by atoms with van der Waals surface area (Å²) in [4.78, 5) is 11.7. The summed E-state index contributed by atoms with van der Waals surface area (Å²) in [5.74, 6) is 0.165. The van der Waals surface area contributed by atoms with Gasteiger partial charge >= 0.3 is 0 Å². The molecule has 0 saturated carbocycles. The second-order valence-electron chi connectivity index (χ2n) is 4.09. The summed E-state index contributed by atoms with van der Waals surface area (Å²) in [6, 6.07) is 12.7. The van der Waals surface area contributed by atoms with Crippen LogP contribution >= 0.6 is 11.6 Å². The van der Waals surface area contributed by atoms with Gasteiger partial charge in [0.1, 0.15) is 18.2 Å². The summed E-state index contributed by atoms with van der Waals surface area (Å²) in [5.41, 5.74) is 0.765. The first-order chi connectivity index (χ1) is 9.13. The van der Waals surface area contributed by atoms with Gasteiger partial charge in [0.2, 0.25) is 0 Å². The number of ketones is 1. The van der Waals surface area contributed by atoms with E-state index in [-0.39, 0.29) is 24.6 Å². The highest BCUT2D eigenvalue weighted by atomic mass is 35.5. The molecule has 0 aliphatic heterocycles. The van der Waals surface area contributed by atoms with Gasteiger partial charge in [0.25, 0.3) is 0 Å². The molecular formula is C15H12ClFO2. The number of Topliss-reactive ketones (excluding diaryl/α,β-unsaturated/α-hetero) is 1.